The second-order valence-electron chi connectivity index (χ2n) is 3.10. The van der Waals surface area contributed by atoms with Crippen molar-refractivity contribution in [3.8, 4) is 0 Å². The number of carbonyl (C=O) groups is 3. The van der Waals surface area contributed by atoms with E-state index in [0.717, 1.165) is 0 Å². The third-order valence-electron chi connectivity index (χ3n) is 2.13. The Morgan fingerprint density at radius 3 is 2.58 bits per heavy atom. The summed E-state index contributed by atoms with van der Waals surface area (Å²) >= 11 is 0. The Balaban J connectivity index is 2.71. The van der Waals surface area contributed by atoms with E-state index in [9.17, 15) is 14.4 Å². The molecular weight excluding hydrogens is 158 g/mol. The first-order chi connectivity index (χ1) is 5.72. The van der Waals surface area contributed by atoms with Gasteiger partial charge in [-0.3, -0.25) is 4.79 Å². The quantitative estimate of drug-likeness (QED) is 0.454. The lowest BCUT2D eigenvalue weighted by Crippen LogP contribution is -2.37. The SMILES string of the molecule is O=CC1(C=O)CCCC(=O)NC1. The molecule has 0 aliphatic carbocycles. The lowest BCUT2D eigenvalue weighted by Gasteiger charge is -2.17. The zero-order chi connectivity index (χ0) is 9.03. The van der Waals surface area contributed by atoms with E-state index in [4.69, 9.17) is 0 Å². The Bertz CT molecular complexity index is 204. The fraction of sp³-hybridized carbons (Fsp3) is 0.625. The summed E-state index contributed by atoms with van der Waals surface area (Å²) < 4.78 is 0. The zero-order valence-corrected chi connectivity index (χ0v) is 6.71. The maximum absolute atomic E-state index is 10.9. The van der Waals surface area contributed by atoms with Crippen molar-refractivity contribution in [2.24, 2.45) is 5.41 Å². The van der Waals surface area contributed by atoms with Gasteiger partial charge in [-0.25, -0.2) is 0 Å². The highest BCUT2D eigenvalue weighted by Crippen LogP contribution is 2.21. The van der Waals surface area contributed by atoms with Crippen molar-refractivity contribution >= 4 is 18.5 Å². The van der Waals surface area contributed by atoms with Crippen molar-refractivity contribution < 1.29 is 14.4 Å². The second kappa shape index (κ2) is 3.47. The van der Waals surface area contributed by atoms with E-state index >= 15 is 0 Å². The molecule has 0 aromatic heterocycles. The molecule has 0 radical (unpaired) electrons. The molecule has 0 atom stereocenters. The summed E-state index contributed by atoms with van der Waals surface area (Å²) in [5, 5.41) is 2.54. The van der Waals surface area contributed by atoms with Crippen LogP contribution >= 0.6 is 0 Å². The Morgan fingerprint density at radius 1 is 1.33 bits per heavy atom. The molecule has 1 fully saturated rings. The van der Waals surface area contributed by atoms with Gasteiger partial charge in [-0.15, -0.1) is 0 Å². The average Bonchev–Trinajstić information content (AvgIpc) is 2.28. The van der Waals surface area contributed by atoms with Crippen LogP contribution in [0.1, 0.15) is 19.3 Å². The summed E-state index contributed by atoms with van der Waals surface area (Å²) in [7, 11) is 0. The molecule has 0 aromatic rings. The zero-order valence-electron chi connectivity index (χ0n) is 6.71. The third kappa shape index (κ3) is 1.69. The maximum Gasteiger partial charge on any atom is 0.220 e. The van der Waals surface area contributed by atoms with Crippen LogP contribution in [0.3, 0.4) is 0 Å². The molecule has 0 unspecified atom stereocenters. The van der Waals surface area contributed by atoms with Gasteiger partial charge in [-0.05, 0) is 12.8 Å². The molecule has 4 nitrogen and oxygen atoms in total. The van der Waals surface area contributed by atoms with Crippen LogP contribution in [0.5, 0.6) is 0 Å². The lowest BCUT2D eigenvalue weighted by atomic mass is 9.87. The van der Waals surface area contributed by atoms with Gasteiger partial charge in [0.25, 0.3) is 0 Å². The predicted molar refractivity (Wildman–Crippen MR) is 41.4 cm³/mol. The van der Waals surface area contributed by atoms with Crippen LogP contribution in [0.15, 0.2) is 0 Å². The lowest BCUT2D eigenvalue weighted by molar-refractivity contribution is -0.126. The number of hydrogen-bond acceptors (Lipinski definition) is 3. The molecule has 0 saturated carbocycles. The number of carbonyl (C=O) groups excluding carboxylic acids is 3. The smallest absolute Gasteiger partial charge is 0.220 e. The summed E-state index contributed by atoms with van der Waals surface area (Å²) in [5.41, 5.74) is -0.966. The topological polar surface area (TPSA) is 63.2 Å². The van der Waals surface area contributed by atoms with Gasteiger partial charge in [-0.1, -0.05) is 0 Å². The highest BCUT2D eigenvalue weighted by Gasteiger charge is 2.31. The van der Waals surface area contributed by atoms with Crippen molar-refractivity contribution in [1.82, 2.24) is 5.32 Å². The van der Waals surface area contributed by atoms with Crippen LogP contribution in [-0.4, -0.2) is 25.0 Å². The van der Waals surface area contributed by atoms with Crippen molar-refractivity contribution in [2.75, 3.05) is 6.54 Å². The summed E-state index contributed by atoms with van der Waals surface area (Å²) in [6.45, 7) is 0.152. The second-order valence-corrected chi connectivity index (χ2v) is 3.10. The van der Waals surface area contributed by atoms with Crippen molar-refractivity contribution in [1.29, 1.82) is 0 Å². The number of hydrogen-bond donors (Lipinski definition) is 1. The first kappa shape index (κ1) is 8.90. The van der Waals surface area contributed by atoms with E-state index in [0.29, 0.717) is 31.8 Å². The van der Waals surface area contributed by atoms with E-state index in [2.05, 4.69) is 5.32 Å². The Morgan fingerprint density at radius 2 is 2.00 bits per heavy atom. The van der Waals surface area contributed by atoms with Crippen LogP contribution in [0.25, 0.3) is 0 Å². The number of rotatable bonds is 2. The third-order valence-corrected chi connectivity index (χ3v) is 2.13. The molecule has 1 aliphatic heterocycles. The Hall–Kier alpha value is -1.19. The minimum atomic E-state index is -0.966. The summed E-state index contributed by atoms with van der Waals surface area (Å²) in [6.07, 6.45) is 2.74. The standard InChI is InChI=1S/C8H11NO3/c10-5-8(6-11)3-1-2-7(12)9-4-8/h5-6H,1-4H2,(H,9,12). The van der Waals surface area contributed by atoms with Crippen LogP contribution < -0.4 is 5.32 Å². The molecule has 1 heterocycles. The van der Waals surface area contributed by atoms with Gasteiger partial charge in [0.2, 0.25) is 5.91 Å². The van der Waals surface area contributed by atoms with Crippen LogP contribution in [0, 0.1) is 5.41 Å². The average molecular weight is 169 g/mol. The summed E-state index contributed by atoms with van der Waals surface area (Å²) in [6, 6.07) is 0. The van der Waals surface area contributed by atoms with Gasteiger partial charge >= 0.3 is 0 Å². The number of amides is 1. The van der Waals surface area contributed by atoms with E-state index < -0.39 is 5.41 Å². The molecule has 1 saturated heterocycles. The Kier molecular flexibility index (Phi) is 2.58. The van der Waals surface area contributed by atoms with Crippen LogP contribution in [0.2, 0.25) is 0 Å². The van der Waals surface area contributed by atoms with Gasteiger partial charge in [0.15, 0.2) is 0 Å². The highest BCUT2D eigenvalue weighted by molar-refractivity contribution is 5.86. The molecule has 0 aromatic carbocycles. The van der Waals surface area contributed by atoms with Gasteiger partial charge in [0.1, 0.15) is 12.6 Å². The molecule has 1 rings (SSSR count). The van der Waals surface area contributed by atoms with Crippen LogP contribution in [0.4, 0.5) is 0 Å². The molecule has 4 heteroatoms. The number of aldehydes is 2. The molecule has 66 valence electrons. The van der Waals surface area contributed by atoms with E-state index in [-0.39, 0.29) is 12.5 Å². The maximum atomic E-state index is 10.9. The molecular formula is C8H11NO3. The van der Waals surface area contributed by atoms with Crippen LogP contribution in [-0.2, 0) is 14.4 Å². The van der Waals surface area contributed by atoms with E-state index in [1.165, 1.54) is 0 Å². The van der Waals surface area contributed by atoms with E-state index in [1.54, 1.807) is 0 Å². The van der Waals surface area contributed by atoms with Crippen molar-refractivity contribution in [3.63, 3.8) is 0 Å². The Labute approximate surface area is 70.3 Å². The fourth-order valence-electron chi connectivity index (χ4n) is 1.25. The largest absolute Gasteiger partial charge is 0.355 e. The molecule has 1 amide bonds. The monoisotopic (exact) mass is 169 g/mol. The molecule has 0 spiro atoms. The summed E-state index contributed by atoms with van der Waals surface area (Å²) in [4.78, 5) is 32.0. The molecule has 12 heavy (non-hydrogen) atoms. The predicted octanol–water partition coefficient (Wildman–Crippen LogP) is -0.329. The number of nitrogens with one attached hydrogen (secondary N) is 1. The first-order valence-corrected chi connectivity index (χ1v) is 3.92. The minimum Gasteiger partial charge on any atom is -0.355 e. The van der Waals surface area contributed by atoms with E-state index in [1.807, 2.05) is 0 Å². The highest BCUT2D eigenvalue weighted by atomic mass is 16.2. The van der Waals surface area contributed by atoms with Crippen molar-refractivity contribution in [3.05, 3.63) is 0 Å². The minimum absolute atomic E-state index is 0.0828. The fourth-order valence-corrected chi connectivity index (χ4v) is 1.25. The summed E-state index contributed by atoms with van der Waals surface area (Å²) in [5.74, 6) is -0.0828. The van der Waals surface area contributed by atoms with Gasteiger partial charge in [-0.2, -0.15) is 0 Å². The normalized spacial score (nSPS) is 22.2. The first-order valence-electron chi connectivity index (χ1n) is 3.92. The van der Waals surface area contributed by atoms with Gasteiger partial charge in [0, 0.05) is 13.0 Å². The molecule has 1 aliphatic rings. The van der Waals surface area contributed by atoms with Crippen molar-refractivity contribution in [2.45, 2.75) is 19.3 Å². The van der Waals surface area contributed by atoms with Gasteiger partial charge in [0.05, 0.1) is 5.41 Å². The van der Waals surface area contributed by atoms with Gasteiger partial charge < -0.3 is 14.9 Å². The molecule has 1 N–H and O–H groups in total. The molecule has 0 bridgehead atoms.